The molecule has 1 atom stereocenters. The molecule has 1 unspecified atom stereocenters. The lowest BCUT2D eigenvalue weighted by atomic mass is 9.97. The van der Waals surface area contributed by atoms with Crippen molar-refractivity contribution in [2.24, 2.45) is 5.14 Å². The quantitative estimate of drug-likeness (QED) is 0.530. The first kappa shape index (κ1) is 20.6. The second-order valence-electron chi connectivity index (χ2n) is 6.27. The summed E-state index contributed by atoms with van der Waals surface area (Å²) in [6.07, 6.45) is 3.26. The molecule has 0 amide bonds. The van der Waals surface area contributed by atoms with E-state index in [4.69, 9.17) is 5.14 Å². The second kappa shape index (κ2) is 7.69. The second-order valence-corrected chi connectivity index (χ2v) is 8.94. The number of H-pyrrole nitrogens is 1. The highest BCUT2D eigenvalue weighted by molar-refractivity contribution is 9.10. The summed E-state index contributed by atoms with van der Waals surface area (Å²) in [4.78, 5) is 19.8. The van der Waals surface area contributed by atoms with Gasteiger partial charge >= 0.3 is 0 Å². The molecule has 0 spiro atoms. The Hall–Kier alpha value is -2.17. The first-order valence-electron chi connectivity index (χ1n) is 8.32. The van der Waals surface area contributed by atoms with Gasteiger partial charge in [-0.3, -0.25) is 4.79 Å². The zero-order valence-corrected chi connectivity index (χ0v) is 17.1. The minimum absolute atomic E-state index is 0.0152. The molecule has 2 aromatic heterocycles. The molecule has 6 nitrogen and oxygen atoms in total. The number of pyridine rings is 1. The maximum absolute atomic E-state index is 15.1. The number of rotatable bonds is 6. The average Bonchev–Trinajstić information content (AvgIpc) is 3.02. The molecule has 3 N–H and O–H groups in total. The minimum atomic E-state index is -4.15. The Bertz CT molecular complexity index is 1180. The van der Waals surface area contributed by atoms with Gasteiger partial charge in [0.25, 0.3) is 0 Å². The summed E-state index contributed by atoms with van der Waals surface area (Å²) in [6, 6.07) is 3.48. The van der Waals surface area contributed by atoms with Gasteiger partial charge in [0.05, 0.1) is 5.56 Å². The van der Waals surface area contributed by atoms with Gasteiger partial charge in [-0.15, -0.1) is 0 Å². The Morgan fingerprint density at radius 2 is 2.07 bits per heavy atom. The summed E-state index contributed by atoms with van der Waals surface area (Å²) >= 11 is 3.24. The van der Waals surface area contributed by atoms with Gasteiger partial charge in [-0.1, -0.05) is 19.4 Å². The molecule has 10 heteroatoms. The van der Waals surface area contributed by atoms with Crippen molar-refractivity contribution in [3.63, 3.8) is 0 Å². The summed E-state index contributed by atoms with van der Waals surface area (Å²) in [5.41, 5.74) is -0.769. The summed E-state index contributed by atoms with van der Waals surface area (Å²) in [7, 11) is -4.15. The van der Waals surface area contributed by atoms with Crippen LogP contribution >= 0.6 is 15.9 Å². The van der Waals surface area contributed by atoms with E-state index in [1.54, 1.807) is 13.0 Å². The lowest BCUT2D eigenvalue weighted by Crippen LogP contribution is -2.23. The number of halogens is 3. The smallest absolute Gasteiger partial charge is 0.216 e. The Morgan fingerprint density at radius 1 is 1.36 bits per heavy atom. The van der Waals surface area contributed by atoms with E-state index in [1.165, 1.54) is 12.4 Å². The average molecular weight is 472 g/mol. The van der Waals surface area contributed by atoms with E-state index in [2.05, 4.69) is 25.9 Å². The number of aromatic nitrogens is 2. The highest BCUT2D eigenvalue weighted by atomic mass is 79.9. The molecule has 0 bridgehead atoms. The van der Waals surface area contributed by atoms with Crippen LogP contribution in [-0.4, -0.2) is 24.2 Å². The Kier molecular flexibility index (Phi) is 5.64. The molecule has 3 aromatic rings. The van der Waals surface area contributed by atoms with Crippen LogP contribution < -0.4 is 5.14 Å². The standard InChI is InChI=1S/C18H16BrF2N3O3S/c1-2-3-14(28(22,26)27)10-4-5-13(20)15(16(10)21)17(25)12-8-24-18-11(12)6-9(19)7-23-18/h4-8,14H,2-3H2,1H3,(H,23,24)(H2,22,26,27). The van der Waals surface area contributed by atoms with Crippen molar-refractivity contribution < 1.29 is 22.0 Å². The van der Waals surface area contributed by atoms with Gasteiger partial charge < -0.3 is 4.98 Å². The number of carbonyl (C=O) groups is 1. The van der Waals surface area contributed by atoms with Gasteiger partial charge in [0.2, 0.25) is 15.8 Å². The number of carbonyl (C=O) groups excluding carboxylic acids is 1. The molecule has 0 saturated carbocycles. The number of primary sulfonamides is 1. The lowest BCUT2D eigenvalue weighted by molar-refractivity contribution is 0.103. The van der Waals surface area contributed by atoms with Crippen molar-refractivity contribution in [2.75, 3.05) is 0 Å². The number of benzene rings is 1. The first-order valence-corrected chi connectivity index (χ1v) is 10.7. The fourth-order valence-electron chi connectivity index (χ4n) is 3.08. The monoisotopic (exact) mass is 471 g/mol. The zero-order valence-electron chi connectivity index (χ0n) is 14.7. The number of hydrogen-bond donors (Lipinski definition) is 2. The van der Waals surface area contributed by atoms with Crippen LogP contribution in [0.1, 0.15) is 46.5 Å². The third kappa shape index (κ3) is 3.71. The summed E-state index contributed by atoms with van der Waals surface area (Å²) in [5.74, 6) is -3.24. The van der Waals surface area contributed by atoms with Crippen molar-refractivity contribution in [1.82, 2.24) is 9.97 Å². The van der Waals surface area contributed by atoms with Crippen molar-refractivity contribution in [1.29, 1.82) is 0 Å². The molecular formula is C18H16BrF2N3O3S. The van der Waals surface area contributed by atoms with Crippen molar-refractivity contribution in [3.05, 3.63) is 63.4 Å². The van der Waals surface area contributed by atoms with E-state index in [0.29, 0.717) is 21.9 Å². The van der Waals surface area contributed by atoms with E-state index in [-0.39, 0.29) is 17.5 Å². The molecular weight excluding hydrogens is 456 g/mol. The number of ketones is 1. The molecule has 2 heterocycles. The number of aromatic amines is 1. The van der Waals surface area contributed by atoms with E-state index in [0.717, 1.165) is 12.1 Å². The molecule has 0 radical (unpaired) electrons. The Labute approximate surface area is 168 Å². The van der Waals surface area contributed by atoms with E-state index < -0.39 is 38.3 Å². The third-order valence-corrected chi connectivity index (χ3v) is 6.10. The first-order chi connectivity index (χ1) is 13.1. The molecule has 0 saturated heterocycles. The van der Waals surface area contributed by atoms with Gasteiger partial charge in [0.1, 0.15) is 22.5 Å². The number of nitrogens with two attached hydrogens (primary N) is 1. The van der Waals surface area contributed by atoms with Gasteiger partial charge in [0, 0.05) is 33.4 Å². The van der Waals surface area contributed by atoms with Crippen LogP contribution in [0.3, 0.4) is 0 Å². The SMILES string of the molecule is CCCC(c1ccc(F)c(C(=O)c2c[nH]c3ncc(Br)cc23)c1F)S(N)(=O)=O. The van der Waals surface area contributed by atoms with Crippen molar-refractivity contribution in [2.45, 2.75) is 25.0 Å². The van der Waals surface area contributed by atoms with Crippen LogP contribution in [0, 0.1) is 11.6 Å². The van der Waals surface area contributed by atoms with Gasteiger partial charge in [0.15, 0.2) is 0 Å². The number of hydrogen-bond acceptors (Lipinski definition) is 4. The summed E-state index contributed by atoms with van der Waals surface area (Å²) < 4.78 is 53.9. The predicted octanol–water partition coefficient (Wildman–Crippen LogP) is 3.96. The van der Waals surface area contributed by atoms with Crippen molar-refractivity contribution in [3.8, 4) is 0 Å². The highest BCUT2D eigenvalue weighted by Gasteiger charge is 2.31. The van der Waals surface area contributed by atoms with E-state index in [1.807, 2.05) is 0 Å². The molecule has 0 aliphatic carbocycles. The van der Waals surface area contributed by atoms with Crippen LogP contribution in [-0.2, 0) is 10.0 Å². The Balaban J connectivity index is 2.19. The maximum atomic E-state index is 15.1. The van der Waals surface area contributed by atoms with Crippen LogP contribution in [0.15, 0.2) is 35.1 Å². The topological polar surface area (TPSA) is 106 Å². The maximum Gasteiger partial charge on any atom is 0.216 e. The van der Waals surface area contributed by atoms with Gasteiger partial charge in [-0.2, -0.15) is 0 Å². The Morgan fingerprint density at radius 3 is 2.71 bits per heavy atom. The number of fused-ring (bicyclic) bond motifs is 1. The fourth-order valence-corrected chi connectivity index (χ4v) is 4.52. The molecule has 0 aliphatic rings. The van der Waals surface area contributed by atoms with Crippen LogP contribution in [0.25, 0.3) is 11.0 Å². The van der Waals surface area contributed by atoms with Crippen LogP contribution in [0.2, 0.25) is 0 Å². The van der Waals surface area contributed by atoms with E-state index in [9.17, 15) is 17.6 Å². The van der Waals surface area contributed by atoms with Crippen molar-refractivity contribution >= 4 is 42.8 Å². The molecule has 3 rings (SSSR count). The van der Waals surface area contributed by atoms with Crippen LogP contribution in [0.5, 0.6) is 0 Å². The van der Waals surface area contributed by atoms with Gasteiger partial charge in [-0.05, 0) is 34.5 Å². The zero-order chi connectivity index (χ0) is 20.6. The summed E-state index contributed by atoms with van der Waals surface area (Å²) in [5, 5.41) is 4.23. The number of sulfonamides is 1. The predicted molar refractivity (Wildman–Crippen MR) is 104 cm³/mol. The molecule has 0 aliphatic heterocycles. The normalized spacial score (nSPS) is 13.0. The third-order valence-electron chi connectivity index (χ3n) is 4.38. The summed E-state index contributed by atoms with van der Waals surface area (Å²) in [6.45, 7) is 1.71. The largest absolute Gasteiger partial charge is 0.345 e. The highest BCUT2D eigenvalue weighted by Crippen LogP contribution is 2.32. The molecule has 148 valence electrons. The van der Waals surface area contributed by atoms with Crippen LogP contribution in [0.4, 0.5) is 8.78 Å². The molecule has 1 aromatic carbocycles. The number of nitrogens with zero attached hydrogens (tertiary/aromatic N) is 1. The molecule has 28 heavy (non-hydrogen) atoms. The van der Waals surface area contributed by atoms with Gasteiger partial charge in [-0.25, -0.2) is 27.3 Å². The van der Waals surface area contributed by atoms with E-state index >= 15 is 4.39 Å². The minimum Gasteiger partial charge on any atom is -0.345 e. The fraction of sp³-hybridized carbons (Fsp3) is 0.222. The lowest BCUT2D eigenvalue weighted by Gasteiger charge is -2.17. The number of nitrogens with one attached hydrogen (secondary N) is 1. The molecule has 0 fully saturated rings.